The van der Waals surface area contributed by atoms with Crippen LogP contribution < -0.4 is 0 Å². The number of rotatable bonds is 11. The Balaban J connectivity index is 1.54. The summed E-state index contributed by atoms with van der Waals surface area (Å²) in [5.74, 6) is -0.196. The fraction of sp³-hybridized carbons (Fsp3) is 0.286. The molecular formula is C28H29Cl2N3O3. The van der Waals surface area contributed by atoms with E-state index in [4.69, 9.17) is 27.6 Å². The topological polar surface area (TPSA) is 69.6 Å². The molecule has 2 aromatic carbocycles. The van der Waals surface area contributed by atoms with Gasteiger partial charge in [0.05, 0.1) is 16.3 Å². The molecule has 188 valence electrons. The first kappa shape index (κ1) is 25.9. The molecule has 0 saturated heterocycles. The average molecular weight is 526 g/mol. The maximum Gasteiger partial charge on any atom is 0.290 e. The van der Waals surface area contributed by atoms with Crippen molar-refractivity contribution in [1.82, 2.24) is 14.8 Å². The molecule has 0 unspecified atom stereocenters. The van der Waals surface area contributed by atoms with E-state index < -0.39 is 0 Å². The van der Waals surface area contributed by atoms with Crippen molar-refractivity contribution in [1.29, 1.82) is 0 Å². The molecule has 0 aliphatic rings. The third kappa shape index (κ3) is 6.31. The van der Waals surface area contributed by atoms with Gasteiger partial charge >= 0.3 is 0 Å². The zero-order chi connectivity index (χ0) is 25.5. The van der Waals surface area contributed by atoms with Crippen molar-refractivity contribution in [2.75, 3.05) is 19.6 Å². The molecule has 6 nitrogen and oxygen atoms in total. The summed E-state index contributed by atoms with van der Waals surface area (Å²) in [6.45, 7) is 3.33. The van der Waals surface area contributed by atoms with Crippen LogP contribution in [0.5, 0.6) is 0 Å². The van der Waals surface area contributed by atoms with Crippen molar-refractivity contribution in [3.05, 3.63) is 94.0 Å². The Bertz CT molecular complexity index is 1320. The van der Waals surface area contributed by atoms with Crippen molar-refractivity contribution in [2.24, 2.45) is 0 Å². The minimum Gasteiger partial charge on any atom is -0.459 e. The third-order valence-electron chi connectivity index (χ3n) is 6.16. The first-order chi connectivity index (χ1) is 17.5. The van der Waals surface area contributed by atoms with E-state index >= 15 is 0 Å². The van der Waals surface area contributed by atoms with E-state index in [1.165, 1.54) is 6.26 Å². The van der Waals surface area contributed by atoms with Gasteiger partial charge in [0.25, 0.3) is 5.91 Å². The van der Waals surface area contributed by atoms with Crippen LogP contribution in [0.2, 0.25) is 10.0 Å². The molecule has 2 heterocycles. The molecule has 0 bridgehead atoms. The smallest absolute Gasteiger partial charge is 0.290 e. The highest BCUT2D eigenvalue weighted by molar-refractivity contribution is 6.42. The number of unbranched alkanes of at least 4 members (excludes halogenated alkanes) is 1. The molecule has 0 aliphatic heterocycles. The van der Waals surface area contributed by atoms with Crippen LogP contribution in [-0.4, -0.2) is 46.2 Å². The molecule has 1 N–H and O–H groups in total. The first-order valence-electron chi connectivity index (χ1n) is 12.1. The zero-order valence-corrected chi connectivity index (χ0v) is 21.7. The molecule has 4 aromatic rings. The maximum atomic E-state index is 13.6. The van der Waals surface area contributed by atoms with Crippen molar-refractivity contribution in [3.8, 4) is 0 Å². The molecule has 0 aliphatic carbocycles. The fourth-order valence-electron chi connectivity index (χ4n) is 4.16. The number of aromatic nitrogens is 1. The zero-order valence-electron chi connectivity index (χ0n) is 20.2. The van der Waals surface area contributed by atoms with Gasteiger partial charge in [-0.3, -0.25) is 9.59 Å². The van der Waals surface area contributed by atoms with Gasteiger partial charge in [-0.2, -0.15) is 0 Å². The highest BCUT2D eigenvalue weighted by Gasteiger charge is 2.24. The molecule has 8 heteroatoms. The number of fused-ring (bicyclic) bond motifs is 1. The van der Waals surface area contributed by atoms with E-state index in [0.29, 0.717) is 36.1 Å². The summed E-state index contributed by atoms with van der Waals surface area (Å²) in [6, 6.07) is 16.8. The van der Waals surface area contributed by atoms with E-state index in [9.17, 15) is 9.59 Å². The molecule has 0 saturated carbocycles. The molecular weight excluding hydrogens is 497 g/mol. The minimum absolute atomic E-state index is 0.0330. The lowest BCUT2D eigenvalue weighted by Gasteiger charge is -2.27. The van der Waals surface area contributed by atoms with Crippen LogP contribution >= 0.6 is 23.2 Å². The lowest BCUT2D eigenvalue weighted by Crippen LogP contribution is -2.43. The van der Waals surface area contributed by atoms with Gasteiger partial charge in [0.1, 0.15) is 6.54 Å². The van der Waals surface area contributed by atoms with Crippen molar-refractivity contribution in [2.45, 2.75) is 32.7 Å². The van der Waals surface area contributed by atoms with Crippen LogP contribution in [-0.2, 0) is 17.8 Å². The summed E-state index contributed by atoms with van der Waals surface area (Å²) < 4.78 is 5.31. The Kier molecular flexibility index (Phi) is 8.73. The number of furan rings is 1. The minimum atomic E-state index is -0.284. The second-order valence-corrected chi connectivity index (χ2v) is 9.55. The average Bonchev–Trinajstić information content (AvgIpc) is 3.56. The molecule has 2 aromatic heterocycles. The van der Waals surface area contributed by atoms with Gasteiger partial charge in [-0.05, 0) is 54.3 Å². The van der Waals surface area contributed by atoms with Crippen molar-refractivity contribution < 1.29 is 14.0 Å². The molecule has 0 atom stereocenters. The van der Waals surface area contributed by atoms with Crippen LogP contribution in [0.4, 0.5) is 0 Å². The third-order valence-corrected chi connectivity index (χ3v) is 6.90. The van der Waals surface area contributed by atoms with Gasteiger partial charge in [-0.25, -0.2) is 0 Å². The highest BCUT2D eigenvalue weighted by atomic mass is 35.5. The number of halogens is 2. The summed E-state index contributed by atoms with van der Waals surface area (Å²) in [4.78, 5) is 33.3. The Hall–Kier alpha value is -3.22. The van der Waals surface area contributed by atoms with Crippen LogP contribution in [0.1, 0.15) is 41.4 Å². The van der Waals surface area contributed by atoms with Gasteiger partial charge in [-0.15, -0.1) is 0 Å². The summed E-state index contributed by atoms with van der Waals surface area (Å²) >= 11 is 12.3. The second-order valence-electron chi connectivity index (χ2n) is 8.73. The summed E-state index contributed by atoms with van der Waals surface area (Å²) in [5, 5.41) is 2.04. The number of nitrogens with zero attached hydrogens (tertiary/aromatic N) is 2. The number of hydrogen-bond donors (Lipinski definition) is 1. The standard InChI is InChI=1S/C28H29Cl2N3O3/c1-2-3-13-33(28(35)26-9-6-15-36-26)19-27(34)32(18-20-10-11-23(29)24(30)16-20)14-12-21-17-31-25-8-5-4-7-22(21)25/h4-11,15-17,31H,2-3,12-14,18-19H2,1H3. The normalized spacial score (nSPS) is 11.1. The summed E-state index contributed by atoms with van der Waals surface area (Å²) in [7, 11) is 0. The molecule has 4 rings (SSSR count). The number of aromatic amines is 1. The van der Waals surface area contributed by atoms with Gasteiger partial charge in [-0.1, -0.05) is 60.8 Å². The Morgan fingerprint density at radius 3 is 2.56 bits per heavy atom. The number of carbonyl (C=O) groups is 2. The number of H-pyrrole nitrogens is 1. The van der Waals surface area contributed by atoms with E-state index in [1.54, 1.807) is 34.1 Å². The Morgan fingerprint density at radius 1 is 0.972 bits per heavy atom. The number of nitrogens with one attached hydrogen (secondary N) is 1. The van der Waals surface area contributed by atoms with Crippen LogP contribution in [0.3, 0.4) is 0 Å². The predicted octanol–water partition coefficient (Wildman–Crippen LogP) is 6.58. The molecule has 0 radical (unpaired) electrons. The number of amides is 2. The summed E-state index contributed by atoms with van der Waals surface area (Å²) in [5.41, 5.74) is 3.06. The molecule has 0 fully saturated rings. The van der Waals surface area contributed by atoms with E-state index in [0.717, 1.165) is 34.9 Å². The maximum absolute atomic E-state index is 13.6. The number of benzene rings is 2. The number of hydrogen-bond acceptors (Lipinski definition) is 3. The van der Waals surface area contributed by atoms with Gasteiger partial charge in [0.2, 0.25) is 5.91 Å². The monoisotopic (exact) mass is 525 g/mol. The first-order valence-corrected chi connectivity index (χ1v) is 12.8. The highest BCUT2D eigenvalue weighted by Crippen LogP contribution is 2.24. The van der Waals surface area contributed by atoms with E-state index in [1.807, 2.05) is 30.5 Å². The Morgan fingerprint density at radius 2 is 1.81 bits per heavy atom. The largest absolute Gasteiger partial charge is 0.459 e. The van der Waals surface area contributed by atoms with E-state index in [-0.39, 0.29) is 24.1 Å². The summed E-state index contributed by atoms with van der Waals surface area (Å²) in [6.07, 6.45) is 5.81. The molecule has 2 amide bonds. The van der Waals surface area contributed by atoms with Crippen molar-refractivity contribution >= 4 is 45.9 Å². The number of para-hydroxylation sites is 1. The fourth-order valence-corrected chi connectivity index (χ4v) is 4.49. The van der Waals surface area contributed by atoms with Gasteiger partial charge in [0, 0.05) is 36.7 Å². The van der Waals surface area contributed by atoms with Gasteiger partial charge in [0.15, 0.2) is 5.76 Å². The van der Waals surface area contributed by atoms with Crippen molar-refractivity contribution in [3.63, 3.8) is 0 Å². The molecule has 36 heavy (non-hydrogen) atoms. The SMILES string of the molecule is CCCCN(CC(=O)N(CCc1c[nH]c2ccccc12)Cc1ccc(Cl)c(Cl)c1)C(=O)c1ccco1. The van der Waals surface area contributed by atoms with Crippen LogP contribution in [0.25, 0.3) is 10.9 Å². The number of carbonyl (C=O) groups excluding carboxylic acids is 2. The van der Waals surface area contributed by atoms with E-state index in [2.05, 4.69) is 18.0 Å². The van der Waals surface area contributed by atoms with Gasteiger partial charge < -0.3 is 19.2 Å². The lowest BCUT2D eigenvalue weighted by atomic mass is 10.1. The lowest BCUT2D eigenvalue weighted by molar-refractivity contribution is -0.132. The second kappa shape index (κ2) is 12.2. The molecule has 0 spiro atoms. The Labute approximate surface area is 220 Å². The quantitative estimate of drug-likeness (QED) is 0.240. The van der Waals surface area contributed by atoms with Crippen LogP contribution in [0.15, 0.2) is 71.5 Å². The van der Waals surface area contributed by atoms with Crippen LogP contribution in [0, 0.1) is 0 Å². The predicted molar refractivity (Wildman–Crippen MR) is 143 cm³/mol.